The van der Waals surface area contributed by atoms with Crippen LogP contribution in [0.15, 0.2) is 16.7 Å². The molecule has 0 N–H and O–H groups in total. The molecule has 1 aliphatic heterocycles. The van der Waals surface area contributed by atoms with Gasteiger partial charge in [0.1, 0.15) is 5.82 Å². The second kappa shape index (κ2) is 6.30. The van der Waals surface area contributed by atoms with E-state index in [1.54, 1.807) is 0 Å². The van der Waals surface area contributed by atoms with Crippen LogP contribution in [0.4, 0.5) is 5.82 Å². The molecular weight excluding hydrogens is 320 g/mol. The number of anilines is 1. The van der Waals surface area contributed by atoms with Gasteiger partial charge in [0.15, 0.2) is 0 Å². The summed E-state index contributed by atoms with van der Waals surface area (Å²) in [5.41, 5.74) is 1.11. The number of hydrogen-bond donors (Lipinski definition) is 0. The van der Waals surface area contributed by atoms with Crippen molar-refractivity contribution in [3.8, 4) is 0 Å². The monoisotopic (exact) mass is 334 g/mol. The Morgan fingerprint density at radius 3 is 3.18 bits per heavy atom. The van der Waals surface area contributed by atoms with Gasteiger partial charge in [-0.3, -0.25) is 0 Å². The standard InChI is InChI=1S/C12H16BrClN2S/c1-2-11-8-16(3-4-17-11)12-9(6-14)5-10(13)7-15-12/h5,7,11H,2-4,6,8H2,1H3. The molecule has 1 aromatic rings. The summed E-state index contributed by atoms with van der Waals surface area (Å²) in [5, 5.41) is 0.720. The van der Waals surface area contributed by atoms with E-state index in [0.29, 0.717) is 5.88 Å². The maximum atomic E-state index is 6.00. The SMILES string of the molecule is CCC1CN(c2ncc(Br)cc2CCl)CCS1. The number of nitrogens with zero attached hydrogens (tertiary/aromatic N) is 2. The van der Waals surface area contributed by atoms with Crippen LogP contribution in [0.25, 0.3) is 0 Å². The number of rotatable bonds is 3. The molecule has 17 heavy (non-hydrogen) atoms. The molecule has 0 saturated carbocycles. The average Bonchev–Trinajstić information content (AvgIpc) is 2.38. The van der Waals surface area contributed by atoms with Crippen LogP contribution in [0.2, 0.25) is 0 Å². The Labute approximate surface area is 120 Å². The number of hydrogen-bond acceptors (Lipinski definition) is 3. The molecule has 1 saturated heterocycles. The van der Waals surface area contributed by atoms with Crippen LogP contribution < -0.4 is 4.90 Å². The summed E-state index contributed by atoms with van der Waals surface area (Å²) in [6, 6.07) is 2.07. The molecule has 0 radical (unpaired) electrons. The van der Waals surface area contributed by atoms with Crippen molar-refractivity contribution in [3.05, 3.63) is 22.3 Å². The number of pyridine rings is 1. The normalized spacial score (nSPS) is 20.6. The highest BCUT2D eigenvalue weighted by atomic mass is 79.9. The molecule has 2 heterocycles. The van der Waals surface area contributed by atoms with E-state index in [1.165, 1.54) is 12.2 Å². The highest BCUT2D eigenvalue weighted by Gasteiger charge is 2.21. The Bertz CT molecular complexity index is 389. The lowest BCUT2D eigenvalue weighted by molar-refractivity contribution is 0.717. The highest BCUT2D eigenvalue weighted by molar-refractivity contribution is 9.10. The van der Waals surface area contributed by atoms with Crippen molar-refractivity contribution in [1.82, 2.24) is 4.98 Å². The van der Waals surface area contributed by atoms with E-state index < -0.39 is 0 Å². The van der Waals surface area contributed by atoms with Crippen LogP contribution in [0, 0.1) is 0 Å². The molecule has 1 fully saturated rings. The van der Waals surface area contributed by atoms with Gasteiger partial charge in [-0.25, -0.2) is 4.98 Å². The van der Waals surface area contributed by atoms with Gasteiger partial charge in [0.2, 0.25) is 0 Å². The Balaban J connectivity index is 2.20. The number of thioether (sulfide) groups is 1. The van der Waals surface area contributed by atoms with Gasteiger partial charge in [0.05, 0.1) is 5.88 Å². The lowest BCUT2D eigenvalue weighted by Crippen LogP contribution is -2.38. The minimum Gasteiger partial charge on any atom is -0.354 e. The summed E-state index contributed by atoms with van der Waals surface area (Å²) < 4.78 is 0.996. The third-order valence-corrected chi connectivity index (χ3v) is 5.04. The zero-order valence-corrected chi connectivity index (χ0v) is 13.0. The van der Waals surface area contributed by atoms with Gasteiger partial charge in [0, 0.05) is 40.3 Å². The molecule has 1 unspecified atom stereocenters. The van der Waals surface area contributed by atoms with E-state index in [1.807, 2.05) is 6.20 Å². The van der Waals surface area contributed by atoms with Crippen LogP contribution >= 0.6 is 39.3 Å². The van der Waals surface area contributed by atoms with E-state index >= 15 is 0 Å². The minimum absolute atomic E-state index is 0.516. The molecule has 1 aromatic heterocycles. The lowest BCUT2D eigenvalue weighted by atomic mass is 10.2. The topological polar surface area (TPSA) is 16.1 Å². The Kier molecular flexibility index (Phi) is 5.00. The van der Waals surface area contributed by atoms with Gasteiger partial charge >= 0.3 is 0 Å². The van der Waals surface area contributed by atoms with Crippen LogP contribution in [-0.4, -0.2) is 29.1 Å². The smallest absolute Gasteiger partial charge is 0.133 e. The van der Waals surface area contributed by atoms with Crippen molar-refractivity contribution in [2.24, 2.45) is 0 Å². The van der Waals surface area contributed by atoms with Crippen molar-refractivity contribution < 1.29 is 0 Å². The molecule has 94 valence electrons. The zero-order valence-electron chi connectivity index (χ0n) is 9.83. The molecule has 2 nitrogen and oxygen atoms in total. The molecule has 5 heteroatoms. The zero-order chi connectivity index (χ0) is 12.3. The van der Waals surface area contributed by atoms with Crippen LogP contribution in [0.3, 0.4) is 0 Å². The fraction of sp³-hybridized carbons (Fsp3) is 0.583. The number of halogens is 2. The molecule has 0 aliphatic carbocycles. The van der Waals surface area contributed by atoms with Crippen molar-refractivity contribution in [3.63, 3.8) is 0 Å². The number of aromatic nitrogens is 1. The van der Waals surface area contributed by atoms with Gasteiger partial charge in [-0.15, -0.1) is 11.6 Å². The van der Waals surface area contributed by atoms with Crippen LogP contribution in [0.5, 0.6) is 0 Å². The molecule has 0 aromatic carbocycles. The summed E-state index contributed by atoms with van der Waals surface area (Å²) in [4.78, 5) is 6.90. The summed E-state index contributed by atoms with van der Waals surface area (Å²) in [6.45, 7) is 4.40. The molecule has 2 rings (SSSR count). The van der Waals surface area contributed by atoms with Gasteiger partial charge in [-0.2, -0.15) is 11.8 Å². The first-order chi connectivity index (χ1) is 8.24. The first-order valence-corrected chi connectivity index (χ1v) is 8.19. The fourth-order valence-electron chi connectivity index (χ4n) is 2.02. The highest BCUT2D eigenvalue weighted by Crippen LogP contribution is 2.28. The van der Waals surface area contributed by atoms with E-state index in [2.05, 4.69) is 50.6 Å². The number of alkyl halides is 1. The molecule has 1 atom stereocenters. The minimum atomic E-state index is 0.516. The van der Waals surface area contributed by atoms with Crippen LogP contribution in [0.1, 0.15) is 18.9 Å². The summed E-state index contributed by atoms with van der Waals surface area (Å²) in [7, 11) is 0. The first kappa shape index (κ1) is 13.5. The molecule has 0 bridgehead atoms. The Morgan fingerprint density at radius 1 is 1.65 bits per heavy atom. The summed E-state index contributed by atoms with van der Waals surface area (Å²) in [5.74, 6) is 2.75. The molecule has 0 spiro atoms. The van der Waals surface area contributed by atoms with Crippen molar-refractivity contribution in [2.75, 3.05) is 23.7 Å². The quantitative estimate of drug-likeness (QED) is 0.779. The van der Waals surface area contributed by atoms with E-state index in [9.17, 15) is 0 Å². The maximum absolute atomic E-state index is 6.00. The van der Waals surface area contributed by atoms with Gasteiger partial charge in [-0.1, -0.05) is 6.92 Å². The van der Waals surface area contributed by atoms with E-state index in [-0.39, 0.29) is 0 Å². The van der Waals surface area contributed by atoms with E-state index in [0.717, 1.165) is 34.2 Å². The van der Waals surface area contributed by atoms with Gasteiger partial charge in [-0.05, 0) is 28.4 Å². The Morgan fingerprint density at radius 2 is 2.47 bits per heavy atom. The van der Waals surface area contributed by atoms with Gasteiger partial charge in [0.25, 0.3) is 0 Å². The predicted molar refractivity (Wildman–Crippen MR) is 80.2 cm³/mol. The molecule has 1 aliphatic rings. The predicted octanol–water partition coefficient (Wildman–Crippen LogP) is 3.91. The molecular formula is C12H16BrClN2S. The molecule has 0 amide bonds. The van der Waals surface area contributed by atoms with Crippen molar-refractivity contribution in [2.45, 2.75) is 24.5 Å². The lowest BCUT2D eigenvalue weighted by Gasteiger charge is -2.33. The third kappa shape index (κ3) is 3.30. The second-order valence-electron chi connectivity index (χ2n) is 4.12. The van der Waals surface area contributed by atoms with Crippen molar-refractivity contribution >= 4 is 45.1 Å². The third-order valence-electron chi connectivity index (χ3n) is 2.95. The summed E-state index contributed by atoms with van der Waals surface area (Å²) >= 11 is 11.5. The fourth-order valence-corrected chi connectivity index (χ4v) is 3.77. The average molecular weight is 336 g/mol. The summed E-state index contributed by atoms with van der Waals surface area (Å²) in [6.07, 6.45) is 3.07. The Hall–Kier alpha value is 0.0700. The van der Waals surface area contributed by atoms with Crippen molar-refractivity contribution in [1.29, 1.82) is 0 Å². The first-order valence-electron chi connectivity index (χ1n) is 5.81. The largest absolute Gasteiger partial charge is 0.354 e. The van der Waals surface area contributed by atoms with E-state index in [4.69, 9.17) is 11.6 Å². The van der Waals surface area contributed by atoms with Crippen LogP contribution in [-0.2, 0) is 5.88 Å². The maximum Gasteiger partial charge on any atom is 0.133 e. The second-order valence-corrected chi connectivity index (χ2v) is 6.71. The van der Waals surface area contributed by atoms with Gasteiger partial charge < -0.3 is 4.90 Å².